The quantitative estimate of drug-likeness (QED) is 0.748. The summed E-state index contributed by atoms with van der Waals surface area (Å²) < 4.78 is 0. The van der Waals surface area contributed by atoms with E-state index in [0.29, 0.717) is 6.54 Å². The molecule has 0 radical (unpaired) electrons. The van der Waals surface area contributed by atoms with Crippen LogP contribution in [0.15, 0.2) is 60.8 Å². The Hall–Kier alpha value is -2.26. The van der Waals surface area contributed by atoms with Gasteiger partial charge in [0.15, 0.2) is 0 Å². The molecule has 20 heavy (non-hydrogen) atoms. The zero-order chi connectivity index (χ0) is 13.8. The van der Waals surface area contributed by atoms with Gasteiger partial charge in [0.2, 0.25) is 5.95 Å². The van der Waals surface area contributed by atoms with Crippen molar-refractivity contribution >= 4 is 17.5 Å². The number of hydrogen-bond donors (Lipinski definition) is 2. The van der Waals surface area contributed by atoms with Gasteiger partial charge in [-0.25, -0.2) is 4.98 Å². The molecular formula is C16H14ClN3. The summed E-state index contributed by atoms with van der Waals surface area (Å²) >= 11 is 5.86. The van der Waals surface area contributed by atoms with Crippen molar-refractivity contribution in [2.45, 2.75) is 6.54 Å². The smallest absolute Gasteiger partial charge is 0.200 e. The summed E-state index contributed by atoms with van der Waals surface area (Å²) in [5.41, 5.74) is 3.29. The topological polar surface area (TPSA) is 40.7 Å². The predicted octanol–water partition coefficient (Wildman–Crippen LogP) is 4.34. The van der Waals surface area contributed by atoms with Crippen molar-refractivity contribution in [3.8, 4) is 11.3 Å². The van der Waals surface area contributed by atoms with Crippen LogP contribution in [-0.4, -0.2) is 9.97 Å². The summed E-state index contributed by atoms with van der Waals surface area (Å²) in [6, 6.07) is 17.9. The van der Waals surface area contributed by atoms with Gasteiger partial charge in [0.1, 0.15) is 0 Å². The van der Waals surface area contributed by atoms with E-state index in [4.69, 9.17) is 11.6 Å². The van der Waals surface area contributed by atoms with E-state index in [0.717, 1.165) is 27.8 Å². The van der Waals surface area contributed by atoms with E-state index in [-0.39, 0.29) is 0 Å². The molecule has 3 aromatic rings. The maximum atomic E-state index is 5.86. The van der Waals surface area contributed by atoms with Crippen LogP contribution < -0.4 is 5.32 Å². The summed E-state index contributed by atoms with van der Waals surface area (Å²) in [4.78, 5) is 7.60. The first-order valence-electron chi connectivity index (χ1n) is 6.40. The van der Waals surface area contributed by atoms with Gasteiger partial charge < -0.3 is 10.3 Å². The highest BCUT2D eigenvalue weighted by Gasteiger charge is 2.02. The molecule has 0 atom stereocenters. The molecule has 0 saturated heterocycles. The first kappa shape index (κ1) is 12.8. The van der Waals surface area contributed by atoms with Gasteiger partial charge in [0, 0.05) is 11.6 Å². The van der Waals surface area contributed by atoms with Gasteiger partial charge in [-0.05, 0) is 23.3 Å². The monoisotopic (exact) mass is 283 g/mol. The maximum absolute atomic E-state index is 5.86. The molecule has 1 aromatic heterocycles. The minimum absolute atomic E-state index is 0.707. The fourth-order valence-corrected chi connectivity index (χ4v) is 2.09. The molecule has 0 aliphatic heterocycles. The van der Waals surface area contributed by atoms with Gasteiger partial charge in [-0.3, -0.25) is 0 Å². The molecular weight excluding hydrogens is 270 g/mol. The van der Waals surface area contributed by atoms with Crippen LogP contribution in [0.1, 0.15) is 5.56 Å². The highest BCUT2D eigenvalue weighted by molar-refractivity contribution is 6.30. The molecule has 0 fully saturated rings. The Morgan fingerprint density at radius 3 is 2.50 bits per heavy atom. The van der Waals surface area contributed by atoms with E-state index < -0.39 is 0 Å². The molecule has 3 nitrogen and oxygen atoms in total. The normalized spacial score (nSPS) is 10.4. The SMILES string of the molecule is Clc1ccc(CNc2ncc(-c3ccccc3)[nH]2)cc1. The Labute approximate surface area is 122 Å². The van der Waals surface area contributed by atoms with Crippen LogP contribution in [0, 0.1) is 0 Å². The van der Waals surface area contributed by atoms with Crippen molar-refractivity contribution < 1.29 is 0 Å². The van der Waals surface area contributed by atoms with Crippen molar-refractivity contribution in [2.24, 2.45) is 0 Å². The minimum atomic E-state index is 0.707. The third-order valence-corrected chi connectivity index (χ3v) is 3.29. The van der Waals surface area contributed by atoms with Gasteiger partial charge in [0.05, 0.1) is 11.9 Å². The Bertz CT molecular complexity index is 674. The van der Waals surface area contributed by atoms with Crippen LogP contribution in [-0.2, 0) is 6.54 Å². The third-order valence-electron chi connectivity index (χ3n) is 3.03. The molecule has 0 spiro atoms. The van der Waals surface area contributed by atoms with Crippen molar-refractivity contribution in [3.63, 3.8) is 0 Å². The summed E-state index contributed by atoms with van der Waals surface area (Å²) in [5.74, 6) is 0.763. The lowest BCUT2D eigenvalue weighted by Gasteiger charge is -2.03. The van der Waals surface area contributed by atoms with Crippen molar-refractivity contribution in [1.29, 1.82) is 0 Å². The Morgan fingerprint density at radius 2 is 1.75 bits per heavy atom. The molecule has 0 bridgehead atoms. The average molecular weight is 284 g/mol. The van der Waals surface area contributed by atoms with Crippen LogP contribution in [0.25, 0.3) is 11.3 Å². The number of aromatic amines is 1. The zero-order valence-corrected chi connectivity index (χ0v) is 11.6. The van der Waals surface area contributed by atoms with E-state index >= 15 is 0 Å². The molecule has 0 unspecified atom stereocenters. The van der Waals surface area contributed by atoms with Crippen LogP contribution in [0.2, 0.25) is 5.02 Å². The molecule has 0 saturated carbocycles. The van der Waals surface area contributed by atoms with E-state index in [1.807, 2.05) is 48.7 Å². The van der Waals surface area contributed by atoms with Crippen LogP contribution in [0.5, 0.6) is 0 Å². The standard InChI is InChI=1S/C16H14ClN3/c17-14-8-6-12(7-9-14)10-18-16-19-11-15(20-16)13-4-2-1-3-5-13/h1-9,11H,10H2,(H2,18,19,20). The minimum Gasteiger partial charge on any atom is -0.352 e. The number of hydrogen-bond acceptors (Lipinski definition) is 2. The molecule has 2 aromatic carbocycles. The number of rotatable bonds is 4. The lowest BCUT2D eigenvalue weighted by atomic mass is 10.2. The fraction of sp³-hybridized carbons (Fsp3) is 0.0625. The maximum Gasteiger partial charge on any atom is 0.200 e. The molecule has 0 aliphatic carbocycles. The number of anilines is 1. The lowest BCUT2D eigenvalue weighted by Crippen LogP contribution is -2.00. The summed E-state index contributed by atoms with van der Waals surface area (Å²) in [6.45, 7) is 0.707. The molecule has 1 heterocycles. The Balaban J connectivity index is 1.67. The van der Waals surface area contributed by atoms with E-state index in [1.54, 1.807) is 0 Å². The third kappa shape index (κ3) is 3.00. The van der Waals surface area contributed by atoms with Crippen LogP contribution in [0.3, 0.4) is 0 Å². The molecule has 3 rings (SSSR count). The fourth-order valence-electron chi connectivity index (χ4n) is 1.96. The Kier molecular flexibility index (Phi) is 3.70. The molecule has 2 N–H and O–H groups in total. The second-order valence-electron chi connectivity index (χ2n) is 4.49. The molecule has 0 aliphatic rings. The van der Waals surface area contributed by atoms with Gasteiger partial charge in [-0.15, -0.1) is 0 Å². The number of nitrogens with zero attached hydrogens (tertiary/aromatic N) is 1. The highest BCUT2D eigenvalue weighted by atomic mass is 35.5. The molecule has 100 valence electrons. The first-order valence-corrected chi connectivity index (χ1v) is 6.78. The first-order chi connectivity index (χ1) is 9.81. The van der Waals surface area contributed by atoms with Crippen LogP contribution in [0.4, 0.5) is 5.95 Å². The van der Waals surface area contributed by atoms with Crippen molar-refractivity contribution in [1.82, 2.24) is 9.97 Å². The number of aromatic nitrogens is 2. The number of benzene rings is 2. The molecule has 0 amide bonds. The van der Waals surface area contributed by atoms with E-state index in [2.05, 4.69) is 27.4 Å². The summed E-state index contributed by atoms with van der Waals surface area (Å²) in [5, 5.41) is 4.01. The summed E-state index contributed by atoms with van der Waals surface area (Å²) in [6.07, 6.45) is 1.83. The van der Waals surface area contributed by atoms with Gasteiger partial charge in [-0.1, -0.05) is 54.1 Å². The number of nitrogens with one attached hydrogen (secondary N) is 2. The number of H-pyrrole nitrogens is 1. The van der Waals surface area contributed by atoms with Gasteiger partial charge in [-0.2, -0.15) is 0 Å². The summed E-state index contributed by atoms with van der Waals surface area (Å²) in [7, 11) is 0. The van der Waals surface area contributed by atoms with Gasteiger partial charge in [0.25, 0.3) is 0 Å². The molecule has 4 heteroatoms. The van der Waals surface area contributed by atoms with Crippen LogP contribution >= 0.6 is 11.6 Å². The number of halogens is 1. The van der Waals surface area contributed by atoms with E-state index in [9.17, 15) is 0 Å². The second-order valence-corrected chi connectivity index (χ2v) is 4.93. The lowest BCUT2D eigenvalue weighted by molar-refractivity contribution is 1.09. The van der Waals surface area contributed by atoms with Gasteiger partial charge >= 0.3 is 0 Å². The largest absolute Gasteiger partial charge is 0.352 e. The zero-order valence-electron chi connectivity index (χ0n) is 10.8. The second kappa shape index (κ2) is 5.80. The average Bonchev–Trinajstić information content (AvgIpc) is 2.97. The Morgan fingerprint density at radius 1 is 1.00 bits per heavy atom. The predicted molar refractivity (Wildman–Crippen MR) is 82.8 cm³/mol. The van der Waals surface area contributed by atoms with Crippen molar-refractivity contribution in [3.05, 3.63) is 71.4 Å². The number of imidazole rings is 1. The van der Waals surface area contributed by atoms with Crippen molar-refractivity contribution in [2.75, 3.05) is 5.32 Å². The van der Waals surface area contributed by atoms with E-state index in [1.165, 1.54) is 0 Å². The highest BCUT2D eigenvalue weighted by Crippen LogP contribution is 2.18.